The first kappa shape index (κ1) is 17.6. The van der Waals surface area contributed by atoms with E-state index in [4.69, 9.17) is 0 Å². The maximum Gasteiger partial charge on any atom is 0.166 e. The van der Waals surface area contributed by atoms with Crippen LogP contribution in [0.15, 0.2) is 0 Å². The van der Waals surface area contributed by atoms with Crippen molar-refractivity contribution in [1.82, 2.24) is 20.0 Å². The second-order valence-electron chi connectivity index (χ2n) is 5.87. The van der Waals surface area contributed by atoms with Gasteiger partial charge in [0.1, 0.15) is 11.6 Å². The number of hydrogen-bond acceptors (Lipinski definition) is 6. The topological polar surface area (TPSA) is 68.1 Å². The molecule has 1 aromatic rings. The van der Waals surface area contributed by atoms with E-state index in [0.717, 1.165) is 69.9 Å². The normalized spacial score (nSPS) is 16.3. The first-order valence-electron chi connectivity index (χ1n) is 8.70. The van der Waals surface area contributed by atoms with Gasteiger partial charge in [0.05, 0.1) is 5.69 Å². The second kappa shape index (κ2) is 8.80. The van der Waals surface area contributed by atoms with Gasteiger partial charge in [-0.2, -0.15) is 10.4 Å². The molecule has 0 atom stereocenters. The highest BCUT2D eigenvalue weighted by molar-refractivity contribution is 5.56. The van der Waals surface area contributed by atoms with Gasteiger partial charge in [-0.3, -0.25) is 4.90 Å². The van der Waals surface area contributed by atoms with Crippen LogP contribution in [0.3, 0.4) is 0 Å². The monoisotopic (exact) mass is 316 g/mol. The summed E-state index contributed by atoms with van der Waals surface area (Å²) in [5.74, 6) is 0.633. The molecule has 1 aromatic heterocycles. The molecule has 0 aliphatic carbocycles. The Labute approximate surface area is 139 Å². The van der Waals surface area contributed by atoms with Crippen molar-refractivity contribution in [3.63, 3.8) is 0 Å². The van der Waals surface area contributed by atoms with Gasteiger partial charge in [0.2, 0.25) is 0 Å². The van der Waals surface area contributed by atoms with Crippen LogP contribution in [0.5, 0.6) is 0 Å². The zero-order valence-corrected chi connectivity index (χ0v) is 14.6. The number of nitrogens with one attached hydrogen (secondary N) is 1. The van der Waals surface area contributed by atoms with E-state index >= 15 is 0 Å². The third-order valence-electron chi connectivity index (χ3n) is 4.59. The number of anilines is 1. The van der Waals surface area contributed by atoms with Gasteiger partial charge in [0.15, 0.2) is 5.82 Å². The van der Waals surface area contributed by atoms with E-state index in [2.05, 4.69) is 45.2 Å². The molecule has 1 aliphatic rings. The molecule has 2 rings (SSSR count). The number of piperazine rings is 1. The highest BCUT2D eigenvalue weighted by Gasteiger charge is 2.16. The Bertz CT molecular complexity index is 543. The fourth-order valence-electron chi connectivity index (χ4n) is 3.08. The lowest BCUT2D eigenvalue weighted by Crippen LogP contribution is -2.47. The van der Waals surface area contributed by atoms with Crippen molar-refractivity contribution in [3.8, 4) is 6.07 Å². The predicted molar refractivity (Wildman–Crippen MR) is 92.5 cm³/mol. The average Bonchev–Trinajstić information content (AvgIpc) is 2.61. The largest absolute Gasteiger partial charge is 0.366 e. The molecule has 0 amide bonds. The fraction of sp³-hybridized carbons (Fsp3) is 0.706. The Morgan fingerprint density at radius 3 is 2.30 bits per heavy atom. The van der Waals surface area contributed by atoms with E-state index in [0.29, 0.717) is 11.4 Å². The summed E-state index contributed by atoms with van der Waals surface area (Å²) in [7, 11) is 0. The number of nitrogens with zero attached hydrogens (tertiary/aromatic N) is 5. The van der Waals surface area contributed by atoms with Gasteiger partial charge >= 0.3 is 0 Å². The average molecular weight is 316 g/mol. The Morgan fingerprint density at radius 1 is 1.04 bits per heavy atom. The zero-order chi connectivity index (χ0) is 16.7. The molecule has 0 spiro atoms. The second-order valence-corrected chi connectivity index (χ2v) is 5.87. The van der Waals surface area contributed by atoms with Crippen molar-refractivity contribution in [2.24, 2.45) is 0 Å². The standard InChI is InChI=1S/C17H28N6/c1-4-14-15(13-18)17(21-20-16(14)5-2)19-7-8-23-11-9-22(6-3)10-12-23/h4-12H2,1-3H3,(H,19,21). The third kappa shape index (κ3) is 4.40. The van der Waals surface area contributed by atoms with Gasteiger partial charge in [-0.15, -0.1) is 5.10 Å². The summed E-state index contributed by atoms with van der Waals surface area (Å²) < 4.78 is 0. The van der Waals surface area contributed by atoms with Crippen molar-refractivity contribution >= 4 is 5.82 Å². The Kier molecular flexibility index (Phi) is 6.75. The van der Waals surface area contributed by atoms with E-state index in [1.165, 1.54) is 0 Å². The van der Waals surface area contributed by atoms with Gasteiger partial charge < -0.3 is 10.2 Å². The molecule has 0 bridgehead atoms. The summed E-state index contributed by atoms with van der Waals surface area (Å²) in [5.41, 5.74) is 2.63. The summed E-state index contributed by atoms with van der Waals surface area (Å²) in [4.78, 5) is 4.93. The van der Waals surface area contributed by atoms with Gasteiger partial charge in [0, 0.05) is 39.3 Å². The van der Waals surface area contributed by atoms with Gasteiger partial charge in [0.25, 0.3) is 0 Å². The number of rotatable bonds is 7. The SMILES string of the molecule is CCc1nnc(NCCN2CCN(CC)CC2)c(C#N)c1CC. The molecule has 0 saturated carbocycles. The highest BCUT2D eigenvalue weighted by atomic mass is 15.3. The van der Waals surface area contributed by atoms with Gasteiger partial charge in [-0.1, -0.05) is 20.8 Å². The van der Waals surface area contributed by atoms with Crippen LogP contribution in [-0.4, -0.2) is 65.8 Å². The van der Waals surface area contributed by atoms with Crippen molar-refractivity contribution < 1.29 is 0 Å². The first-order valence-corrected chi connectivity index (χ1v) is 8.70. The van der Waals surface area contributed by atoms with E-state index in [-0.39, 0.29) is 0 Å². The first-order chi connectivity index (χ1) is 11.2. The van der Waals surface area contributed by atoms with Crippen LogP contribution in [0, 0.1) is 11.3 Å². The molecule has 0 radical (unpaired) electrons. The van der Waals surface area contributed by atoms with E-state index in [9.17, 15) is 5.26 Å². The van der Waals surface area contributed by atoms with Crippen molar-refractivity contribution in [3.05, 3.63) is 16.8 Å². The zero-order valence-electron chi connectivity index (χ0n) is 14.6. The van der Waals surface area contributed by atoms with Gasteiger partial charge in [-0.25, -0.2) is 0 Å². The lowest BCUT2D eigenvalue weighted by molar-refractivity contribution is 0.141. The molecule has 0 aromatic carbocycles. The van der Waals surface area contributed by atoms with E-state index in [1.54, 1.807) is 0 Å². The lowest BCUT2D eigenvalue weighted by atomic mass is 10.0. The maximum atomic E-state index is 9.48. The molecule has 0 unspecified atom stereocenters. The Hall–Kier alpha value is -1.71. The van der Waals surface area contributed by atoms with Crippen molar-refractivity contribution in [2.75, 3.05) is 51.1 Å². The molecule has 126 valence electrons. The summed E-state index contributed by atoms with van der Waals surface area (Å²) in [6.07, 6.45) is 1.63. The van der Waals surface area contributed by atoms with Crippen LogP contribution in [0.4, 0.5) is 5.82 Å². The third-order valence-corrected chi connectivity index (χ3v) is 4.59. The molecule has 1 saturated heterocycles. The highest BCUT2D eigenvalue weighted by Crippen LogP contribution is 2.19. The predicted octanol–water partition coefficient (Wildman–Crippen LogP) is 1.52. The summed E-state index contributed by atoms with van der Waals surface area (Å²) in [6, 6.07) is 2.31. The number of aryl methyl sites for hydroxylation is 1. The number of likely N-dealkylation sites (N-methyl/N-ethyl adjacent to an activating group) is 1. The smallest absolute Gasteiger partial charge is 0.166 e. The van der Waals surface area contributed by atoms with Crippen LogP contribution in [0.1, 0.15) is 37.6 Å². The van der Waals surface area contributed by atoms with Gasteiger partial charge in [-0.05, 0) is 24.9 Å². The minimum atomic E-state index is 0.633. The fourth-order valence-corrected chi connectivity index (χ4v) is 3.08. The Morgan fingerprint density at radius 2 is 1.74 bits per heavy atom. The van der Waals surface area contributed by atoms with Crippen LogP contribution >= 0.6 is 0 Å². The summed E-state index contributed by atoms with van der Waals surface area (Å²) >= 11 is 0. The lowest BCUT2D eigenvalue weighted by Gasteiger charge is -2.34. The van der Waals surface area contributed by atoms with Crippen LogP contribution < -0.4 is 5.32 Å². The minimum absolute atomic E-state index is 0.633. The van der Waals surface area contributed by atoms with Crippen LogP contribution in [0.2, 0.25) is 0 Å². The molecule has 2 heterocycles. The minimum Gasteiger partial charge on any atom is -0.366 e. The molecular formula is C17H28N6. The van der Waals surface area contributed by atoms with E-state index < -0.39 is 0 Å². The summed E-state index contributed by atoms with van der Waals surface area (Å²) in [6.45, 7) is 13.7. The molecular weight excluding hydrogens is 288 g/mol. The quantitative estimate of drug-likeness (QED) is 0.822. The molecule has 6 heteroatoms. The number of nitriles is 1. The van der Waals surface area contributed by atoms with Crippen molar-refractivity contribution in [2.45, 2.75) is 33.6 Å². The molecule has 6 nitrogen and oxygen atoms in total. The van der Waals surface area contributed by atoms with Crippen LogP contribution in [-0.2, 0) is 12.8 Å². The molecule has 1 N–H and O–H groups in total. The Balaban J connectivity index is 1.92. The van der Waals surface area contributed by atoms with Crippen molar-refractivity contribution in [1.29, 1.82) is 5.26 Å². The van der Waals surface area contributed by atoms with E-state index in [1.807, 2.05) is 6.92 Å². The molecule has 1 aliphatic heterocycles. The molecule has 23 heavy (non-hydrogen) atoms. The summed E-state index contributed by atoms with van der Waals surface area (Å²) in [5, 5.41) is 21.3. The molecule has 1 fully saturated rings. The number of hydrogen-bond donors (Lipinski definition) is 1. The maximum absolute atomic E-state index is 9.48. The van der Waals surface area contributed by atoms with Crippen LogP contribution in [0.25, 0.3) is 0 Å². The number of aromatic nitrogens is 2.